The molecule has 0 radical (unpaired) electrons. The molecule has 1 aromatic rings. The lowest BCUT2D eigenvalue weighted by Gasteiger charge is -2.11. The number of nitrogens with zero attached hydrogens (tertiary/aromatic N) is 2. The molecule has 1 rings (SSSR count). The molecule has 0 saturated heterocycles. The lowest BCUT2D eigenvalue weighted by molar-refractivity contribution is -0.0879. The Morgan fingerprint density at radius 1 is 1.09 bits per heavy atom. The minimum Gasteiger partial charge on any atom is -0.380 e. The van der Waals surface area contributed by atoms with Gasteiger partial charge in [0.2, 0.25) is 5.84 Å². The molecule has 0 aliphatic carbocycles. The van der Waals surface area contributed by atoms with Crippen LogP contribution in [-0.4, -0.2) is 18.2 Å². The molecule has 3 nitrogen and oxygen atoms in total. The number of nitrogens with two attached hydrogens (primary N) is 1. The molecule has 0 aromatic heterocycles. The zero-order chi connectivity index (χ0) is 17.7. The number of alkyl halides is 6. The topological polar surface area (TPSA) is 62.2 Å². The van der Waals surface area contributed by atoms with Gasteiger partial charge in [0.1, 0.15) is 11.1 Å². The van der Waals surface area contributed by atoms with Crippen molar-refractivity contribution in [3.63, 3.8) is 0 Å². The smallest absolute Gasteiger partial charge is 0.380 e. The number of benzene rings is 1. The van der Waals surface area contributed by atoms with Crippen molar-refractivity contribution in [2.24, 2.45) is 10.7 Å². The Morgan fingerprint density at radius 2 is 1.65 bits per heavy atom. The van der Waals surface area contributed by atoms with E-state index in [4.69, 9.17) is 5.26 Å². The quantitative estimate of drug-likeness (QED) is 0.383. The van der Waals surface area contributed by atoms with Crippen LogP contribution in [0.15, 0.2) is 45.9 Å². The summed E-state index contributed by atoms with van der Waals surface area (Å²) in [7, 11) is 0. The number of allylic oxidation sites excluding steroid dienone is 1. The largest absolute Gasteiger partial charge is 0.449 e. The van der Waals surface area contributed by atoms with Crippen molar-refractivity contribution in [2.45, 2.75) is 18.1 Å². The number of thioether (sulfide) groups is 1. The van der Waals surface area contributed by atoms with Gasteiger partial charge in [-0.05, 0) is 5.56 Å². The third-order valence-electron chi connectivity index (χ3n) is 2.34. The van der Waals surface area contributed by atoms with Crippen LogP contribution >= 0.6 is 11.8 Å². The minimum absolute atomic E-state index is 0.105. The second-order valence-electron chi connectivity index (χ2n) is 4.06. The normalized spacial score (nSPS) is 14.2. The standard InChI is InChI=1S/C13H9F6N3S/c14-12(15,16)9(6-20)10(22-11(21)13(17,18)19)23-7-8-4-2-1-3-5-8/h1-5H,7H2,(H2,21,22)/b10-9+. The summed E-state index contributed by atoms with van der Waals surface area (Å²) in [6.07, 6.45) is -10.2. The second kappa shape index (κ2) is 7.41. The Bertz CT molecular complexity index is 640. The van der Waals surface area contributed by atoms with Crippen LogP contribution in [0.3, 0.4) is 0 Å². The summed E-state index contributed by atoms with van der Waals surface area (Å²) in [5.41, 5.74) is 3.38. The van der Waals surface area contributed by atoms with Crippen LogP contribution in [0.5, 0.6) is 0 Å². The molecule has 0 spiro atoms. The Labute approximate surface area is 131 Å². The van der Waals surface area contributed by atoms with E-state index in [9.17, 15) is 26.3 Å². The van der Waals surface area contributed by atoms with Crippen LogP contribution in [0.4, 0.5) is 26.3 Å². The maximum atomic E-state index is 12.8. The highest BCUT2D eigenvalue weighted by Crippen LogP contribution is 2.35. The summed E-state index contributed by atoms with van der Waals surface area (Å²) in [6.45, 7) is 0. The first-order valence-corrected chi connectivity index (χ1v) is 6.84. The van der Waals surface area contributed by atoms with Crippen LogP contribution in [0.25, 0.3) is 0 Å². The molecule has 2 N–H and O–H groups in total. The van der Waals surface area contributed by atoms with Crippen molar-refractivity contribution in [3.8, 4) is 6.07 Å². The van der Waals surface area contributed by atoms with Gasteiger partial charge in [0.15, 0.2) is 5.57 Å². The predicted molar refractivity (Wildman–Crippen MR) is 74.1 cm³/mol. The third kappa shape index (κ3) is 5.86. The van der Waals surface area contributed by atoms with Crippen molar-refractivity contribution in [2.75, 3.05) is 0 Å². The lowest BCUT2D eigenvalue weighted by atomic mass is 10.2. The molecule has 23 heavy (non-hydrogen) atoms. The van der Waals surface area contributed by atoms with E-state index < -0.39 is 28.8 Å². The molecule has 0 fully saturated rings. The maximum Gasteiger partial charge on any atom is 0.449 e. The van der Waals surface area contributed by atoms with E-state index in [-0.39, 0.29) is 5.75 Å². The Morgan fingerprint density at radius 3 is 2.09 bits per heavy atom. The van der Waals surface area contributed by atoms with Gasteiger partial charge in [0.05, 0.1) is 0 Å². The maximum absolute atomic E-state index is 12.8. The Hall–Kier alpha value is -2.15. The van der Waals surface area contributed by atoms with Gasteiger partial charge in [-0.25, -0.2) is 4.99 Å². The number of hydrogen-bond donors (Lipinski definition) is 1. The van der Waals surface area contributed by atoms with Crippen molar-refractivity contribution in [3.05, 3.63) is 46.5 Å². The summed E-state index contributed by atoms with van der Waals surface area (Å²) < 4.78 is 75.4. The fraction of sp³-hybridized carbons (Fsp3) is 0.231. The highest BCUT2D eigenvalue weighted by Gasteiger charge is 2.39. The second-order valence-corrected chi connectivity index (χ2v) is 5.02. The van der Waals surface area contributed by atoms with E-state index in [1.165, 1.54) is 0 Å². The van der Waals surface area contributed by atoms with Crippen LogP contribution < -0.4 is 5.73 Å². The van der Waals surface area contributed by atoms with Gasteiger partial charge in [0, 0.05) is 5.75 Å². The van der Waals surface area contributed by atoms with Gasteiger partial charge in [-0.3, -0.25) is 0 Å². The molecule has 1 aromatic carbocycles. The van der Waals surface area contributed by atoms with E-state index in [2.05, 4.69) is 10.7 Å². The Kier molecular flexibility index (Phi) is 6.09. The number of rotatable bonds is 4. The summed E-state index contributed by atoms with van der Waals surface area (Å²) in [4.78, 5) is 2.77. The zero-order valence-corrected chi connectivity index (χ0v) is 12.1. The molecular weight excluding hydrogens is 344 g/mol. The van der Waals surface area contributed by atoms with Crippen LogP contribution in [0.2, 0.25) is 0 Å². The van der Waals surface area contributed by atoms with E-state index in [1.54, 1.807) is 30.3 Å². The molecule has 0 aliphatic rings. The van der Waals surface area contributed by atoms with Crippen molar-refractivity contribution < 1.29 is 26.3 Å². The number of nitriles is 1. The summed E-state index contributed by atoms with van der Waals surface area (Å²) >= 11 is 0.348. The van der Waals surface area contributed by atoms with Crippen molar-refractivity contribution in [1.29, 1.82) is 5.26 Å². The van der Waals surface area contributed by atoms with Gasteiger partial charge in [-0.1, -0.05) is 30.3 Å². The fourth-order valence-electron chi connectivity index (χ4n) is 1.29. The van der Waals surface area contributed by atoms with Gasteiger partial charge in [-0.2, -0.15) is 31.6 Å². The first-order chi connectivity index (χ1) is 10.6. The number of amidine groups is 1. The van der Waals surface area contributed by atoms with Gasteiger partial charge in [0.25, 0.3) is 0 Å². The fourth-order valence-corrected chi connectivity index (χ4v) is 2.26. The molecule has 0 unspecified atom stereocenters. The third-order valence-corrected chi connectivity index (χ3v) is 3.39. The molecule has 0 heterocycles. The van der Waals surface area contributed by atoms with Gasteiger partial charge < -0.3 is 5.73 Å². The first kappa shape index (κ1) is 18.9. The highest BCUT2D eigenvalue weighted by molar-refractivity contribution is 8.02. The molecule has 0 saturated carbocycles. The van der Waals surface area contributed by atoms with Crippen molar-refractivity contribution in [1.82, 2.24) is 0 Å². The van der Waals surface area contributed by atoms with Crippen LogP contribution in [0, 0.1) is 11.3 Å². The molecule has 124 valence electrons. The molecule has 0 bridgehead atoms. The minimum atomic E-state index is -5.14. The average Bonchev–Trinajstić information content (AvgIpc) is 2.43. The predicted octanol–water partition coefficient (Wildman–Crippen LogP) is 4.14. The summed E-state index contributed by atoms with van der Waals surface area (Å²) in [5, 5.41) is 7.49. The number of halogens is 6. The summed E-state index contributed by atoms with van der Waals surface area (Å²) in [6, 6.07) is 8.87. The van der Waals surface area contributed by atoms with E-state index in [0.29, 0.717) is 17.3 Å². The average molecular weight is 353 g/mol. The SMILES string of the molecule is N#C/C(=C(/N=C(N)C(F)(F)F)SCc1ccccc1)C(F)(F)F. The lowest BCUT2D eigenvalue weighted by Crippen LogP contribution is -2.31. The van der Waals surface area contributed by atoms with E-state index in [0.717, 1.165) is 6.07 Å². The molecular formula is C13H9F6N3S. The first-order valence-electron chi connectivity index (χ1n) is 5.85. The van der Waals surface area contributed by atoms with Crippen molar-refractivity contribution >= 4 is 17.6 Å². The van der Waals surface area contributed by atoms with Crippen LogP contribution in [-0.2, 0) is 5.75 Å². The zero-order valence-electron chi connectivity index (χ0n) is 11.2. The number of aliphatic imine (C=N–C) groups is 1. The molecule has 0 atom stereocenters. The monoisotopic (exact) mass is 353 g/mol. The molecule has 0 amide bonds. The highest BCUT2D eigenvalue weighted by atomic mass is 32.2. The van der Waals surface area contributed by atoms with E-state index in [1.807, 2.05) is 0 Å². The Balaban J connectivity index is 3.22. The molecule has 10 heteroatoms. The van der Waals surface area contributed by atoms with Gasteiger partial charge >= 0.3 is 12.4 Å². The van der Waals surface area contributed by atoms with Crippen LogP contribution in [0.1, 0.15) is 5.56 Å². The number of hydrogen-bond acceptors (Lipinski definition) is 3. The van der Waals surface area contributed by atoms with Gasteiger partial charge in [-0.15, -0.1) is 11.8 Å². The summed E-state index contributed by atoms with van der Waals surface area (Å²) in [5.74, 6) is -2.06. The van der Waals surface area contributed by atoms with E-state index >= 15 is 0 Å². The molecule has 0 aliphatic heterocycles.